The number of hydrogen-bond acceptors (Lipinski definition) is 3. The van der Waals surface area contributed by atoms with Crippen molar-refractivity contribution in [3.05, 3.63) is 29.8 Å². The Morgan fingerprint density at radius 2 is 1.89 bits per heavy atom. The van der Waals surface area contributed by atoms with Crippen molar-refractivity contribution in [2.75, 3.05) is 31.1 Å². The molecule has 0 heterocycles. The Morgan fingerprint density at radius 3 is 2.28 bits per heavy atom. The Labute approximate surface area is 110 Å². The van der Waals surface area contributed by atoms with Crippen LogP contribution < -0.4 is 10.6 Å². The number of nitrogens with zero attached hydrogens (tertiary/aromatic N) is 1. The van der Waals surface area contributed by atoms with Gasteiger partial charge in [-0.2, -0.15) is 0 Å². The van der Waals surface area contributed by atoms with Gasteiger partial charge in [0.2, 0.25) is 0 Å². The summed E-state index contributed by atoms with van der Waals surface area (Å²) in [5, 5.41) is 9.42. The number of benzene rings is 1. The van der Waals surface area contributed by atoms with Crippen LogP contribution >= 0.6 is 0 Å². The van der Waals surface area contributed by atoms with Crippen LogP contribution in [0, 0.1) is 5.41 Å². The van der Waals surface area contributed by atoms with Crippen LogP contribution in [0.15, 0.2) is 24.3 Å². The van der Waals surface area contributed by atoms with Gasteiger partial charge in [-0.3, -0.25) is 0 Å². The molecule has 0 aromatic heterocycles. The van der Waals surface area contributed by atoms with E-state index < -0.39 is 0 Å². The summed E-state index contributed by atoms with van der Waals surface area (Å²) in [6.07, 6.45) is 1.02. The molecule has 1 aromatic rings. The summed E-state index contributed by atoms with van der Waals surface area (Å²) in [6.45, 7) is 7.18. The molecule has 0 saturated heterocycles. The molecule has 3 heteroatoms. The molecule has 3 nitrogen and oxygen atoms in total. The second kappa shape index (κ2) is 5.29. The smallest absolute Gasteiger partial charge is 0.0505 e. The summed E-state index contributed by atoms with van der Waals surface area (Å²) in [5.41, 5.74) is 8.30. The van der Waals surface area contributed by atoms with Gasteiger partial charge >= 0.3 is 0 Å². The standard InChI is InChI=1S/C15H24N2O/c1-3-17(4-2)13-7-5-12(6-8-13)14-9-15(14,10-16)11-18/h5-8,14,18H,3-4,9-11,16H2,1-2H3/t14-,15-/m0/s1. The predicted octanol–water partition coefficient (Wildman–Crippen LogP) is 1.96. The molecule has 2 atom stereocenters. The molecule has 2 rings (SSSR count). The van der Waals surface area contributed by atoms with E-state index in [9.17, 15) is 5.11 Å². The van der Waals surface area contributed by atoms with Crippen LogP contribution in [0.5, 0.6) is 0 Å². The van der Waals surface area contributed by atoms with Crippen molar-refractivity contribution in [3.63, 3.8) is 0 Å². The van der Waals surface area contributed by atoms with Crippen LogP contribution in [0.2, 0.25) is 0 Å². The third kappa shape index (κ3) is 2.25. The highest BCUT2D eigenvalue weighted by molar-refractivity contribution is 5.49. The molecule has 0 unspecified atom stereocenters. The molecule has 100 valence electrons. The first-order chi connectivity index (χ1) is 8.70. The zero-order valence-corrected chi connectivity index (χ0v) is 11.4. The van der Waals surface area contributed by atoms with Gasteiger partial charge < -0.3 is 15.7 Å². The maximum absolute atomic E-state index is 9.42. The molecule has 0 aliphatic heterocycles. The summed E-state index contributed by atoms with van der Waals surface area (Å²) in [6, 6.07) is 8.73. The second-order valence-electron chi connectivity index (χ2n) is 5.25. The van der Waals surface area contributed by atoms with Gasteiger partial charge in [-0.1, -0.05) is 12.1 Å². The minimum Gasteiger partial charge on any atom is -0.396 e. The molecule has 0 amide bonds. The van der Waals surface area contributed by atoms with Crippen molar-refractivity contribution in [1.82, 2.24) is 0 Å². The molecule has 0 bridgehead atoms. The zero-order valence-electron chi connectivity index (χ0n) is 11.4. The van der Waals surface area contributed by atoms with E-state index in [-0.39, 0.29) is 12.0 Å². The van der Waals surface area contributed by atoms with Crippen LogP contribution in [-0.2, 0) is 0 Å². The molecular weight excluding hydrogens is 224 g/mol. The van der Waals surface area contributed by atoms with Gasteiger partial charge in [0.25, 0.3) is 0 Å². The van der Waals surface area contributed by atoms with E-state index in [4.69, 9.17) is 5.73 Å². The lowest BCUT2D eigenvalue weighted by molar-refractivity contribution is 0.211. The van der Waals surface area contributed by atoms with E-state index in [1.165, 1.54) is 11.3 Å². The summed E-state index contributed by atoms with van der Waals surface area (Å²) in [5.74, 6) is 0.443. The average Bonchev–Trinajstić information content (AvgIpc) is 3.16. The zero-order chi connectivity index (χ0) is 13.2. The summed E-state index contributed by atoms with van der Waals surface area (Å²) >= 11 is 0. The fraction of sp³-hybridized carbons (Fsp3) is 0.600. The maximum Gasteiger partial charge on any atom is 0.0505 e. The lowest BCUT2D eigenvalue weighted by atomic mass is 10.00. The fourth-order valence-electron chi connectivity index (χ4n) is 2.79. The number of hydrogen-bond donors (Lipinski definition) is 2. The Balaban J connectivity index is 2.10. The molecule has 1 fully saturated rings. The molecular formula is C15H24N2O. The highest BCUT2D eigenvalue weighted by Gasteiger charge is 2.53. The predicted molar refractivity (Wildman–Crippen MR) is 75.9 cm³/mol. The molecule has 3 N–H and O–H groups in total. The molecule has 1 aliphatic carbocycles. The highest BCUT2D eigenvalue weighted by Crippen LogP contribution is 2.58. The topological polar surface area (TPSA) is 49.5 Å². The minimum atomic E-state index is -0.0449. The molecule has 1 aliphatic rings. The first kappa shape index (κ1) is 13.4. The lowest BCUT2D eigenvalue weighted by Gasteiger charge is -2.21. The van der Waals surface area contributed by atoms with Crippen molar-refractivity contribution in [1.29, 1.82) is 0 Å². The summed E-state index contributed by atoms with van der Waals surface area (Å²) in [7, 11) is 0. The van der Waals surface area contributed by atoms with Gasteiger partial charge in [0.15, 0.2) is 0 Å². The summed E-state index contributed by atoms with van der Waals surface area (Å²) < 4.78 is 0. The molecule has 1 saturated carbocycles. The first-order valence-electron chi connectivity index (χ1n) is 6.86. The molecule has 1 aromatic carbocycles. The van der Waals surface area contributed by atoms with Crippen LogP contribution in [-0.4, -0.2) is 31.3 Å². The van der Waals surface area contributed by atoms with Crippen molar-refractivity contribution in [2.24, 2.45) is 11.1 Å². The fourth-order valence-corrected chi connectivity index (χ4v) is 2.79. The van der Waals surface area contributed by atoms with Crippen LogP contribution in [0.25, 0.3) is 0 Å². The van der Waals surface area contributed by atoms with Crippen LogP contribution in [0.4, 0.5) is 5.69 Å². The van der Waals surface area contributed by atoms with Crippen molar-refractivity contribution >= 4 is 5.69 Å². The summed E-state index contributed by atoms with van der Waals surface area (Å²) in [4.78, 5) is 2.33. The van der Waals surface area contributed by atoms with E-state index in [1.807, 2.05) is 0 Å². The first-order valence-corrected chi connectivity index (χ1v) is 6.86. The number of aliphatic hydroxyl groups is 1. The van der Waals surface area contributed by atoms with Gasteiger partial charge in [0, 0.05) is 30.7 Å². The normalized spacial score (nSPS) is 26.1. The lowest BCUT2D eigenvalue weighted by Crippen LogP contribution is -2.22. The van der Waals surface area contributed by atoms with E-state index in [2.05, 4.69) is 43.0 Å². The van der Waals surface area contributed by atoms with E-state index in [0.29, 0.717) is 12.5 Å². The number of aliphatic hydroxyl groups excluding tert-OH is 1. The largest absolute Gasteiger partial charge is 0.396 e. The third-order valence-electron chi connectivity index (χ3n) is 4.34. The van der Waals surface area contributed by atoms with E-state index in [0.717, 1.165) is 19.5 Å². The van der Waals surface area contributed by atoms with Gasteiger partial charge in [0.1, 0.15) is 0 Å². The number of nitrogens with two attached hydrogens (primary N) is 1. The molecule has 0 radical (unpaired) electrons. The van der Waals surface area contributed by atoms with Gasteiger partial charge in [-0.25, -0.2) is 0 Å². The Bertz CT molecular complexity index is 380. The number of rotatable bonds is 6. The van der Waals surface area contributed by atoms with E-state index in [1.54, 1.807) is 0 Å². The van der Waals surface area contributed by atoms with Gasteiger partial charge in [-0.15, -0.1) is 0 Å². The molecule has 0 spiro atoms. The second-order valence-corrected chi connectivity index (χ2v) is 5.25. The SMILES string of the molecule is CCN(CC)c1ccc([C@@H]2C[C@]2(CN)CO)cc1. The van der Waals surface area contributed by atoms with E-state index >= 15 is 0 Å². The quantitative estimate of drug-likeness (QED) is 0.809. The monoisotopic (exact) mass is 248 g/mol. The Hall–Kier alpha value is -1.06. The van der Waals surface area contributed by atoms with Crippen molar-refractivity contribution in [3.8, 4) is 0 Å². The minimum absolute atomic E-state index is 0.0449. The van der Waals surface area contributed by atoms with Gasteiger partial charge in [0.05, 0.1) is 6.61 Å². The average molecular weight is 248 g/mol. The van der Waals surface area contributed by atoms with Crippen molar-refractivity contribution in [2.45, 2.75) is 26.2 Å². The third-order valence-corrected chi connectivity index (χ3v) is 4.34. The highest BCUT2D eigenvalue weighted by atomic mass is 16.3. The van der Waals surface area contributed by atoms with Crippen molar-refractivity contribution < 1.29 is 5.11 Å². The van der Waals surface area contributed by atoms with Crippen LogP contribution in [0.1, 0.15) is 31.7 Å². The Kier molecular flexibility index (Phi) is 3.93. The van der Waals surface area contributed by atoms with Crippen LogP contribution in [0.3, 0.4) is 0 Å². The van der Waals surface area contributed by atoms with Gasteiger partial charge in [-0.05, 0) is 43.9 Å². The number of anilines is 1. The Morgan fingerprint density at radius 1 is 1.28 bits per heavy atom. The maximum atomic E-state index is 9.42. The molecule has 18 heavy (non-hydrogen) atoms.